The van der Waals surface area contributed by atoms with Crippen LogP contribution >= 0.6 is 0 Å². The number of carboxylic acid groups (broad SMARTS) is 1. The Morgan fingerprint density at radius 1 is 0.944 bits per heavy atom. The quantitative estimate of drug-likeness (QED) is 0.356. The predicted octanol–water partition coefficient (Wildman–Crippen LogP) is 6.36. The first-order valence-corrected chi connectivity index (χ1v) is 12.8. The largest absolute Gasteiger partial charge is 0.481 e. The van der Waals surface area contributed by atoms with Gasteiger partial charge in [0.15, 0.2) is 0 Å². The molecule has 0 heterocycles. The van der Waals surface area contributed by atoms with Gasteiger partial charge in [-0.1, -0.05) is 70.7 Å². The highest BCUT2D eigenvalue weighted by Gasteiger charge is 2.31. The molecule has 0 radical (unpaired) electrons. The molecule has 2 aromatic rings. The molecular weight excluding hydrogens is 450 g/mol. The number of nitrogens with one attached hydrogen (secondary N) is 1. The van der Waals surface area contributed by atoms with E-state index in [9.17, 15) is 14.7 Å². The molecule has 0 spiro atoms. The van der Waals surface area contributed by atoms with Gasteiger partial charge in [-0.3, -0.25) is 9.59 Å². The lowest BCUT2D eigenvalue weighted by Gasteiger charge is -2.34. The number of carboxylic acids is 1. The highest BCUT2D eigenvalue weighted by atomic mass is 16.4. The van der Waals surface area contributed by atoms with Gasteiger partial charge in [0.05, 0.1) is 0 Å². The number of benzene rings is 2. The molecule has 0 saturated heterocycles. The number of carbonyl (C=O) groups excluding carboxylic acids is 1. The zero-order valence-electron chi connectivity index (χ0n) is 22.8. The van der Waals surface area contributed by atoms with E-state index in [1.54, 1.807) is 0 Å². The third-order valence-electron chi connectivity index (χ3n) is 7.00. The Morgan fingerprint density at radius 2 is 1.53 bits per heavy atom. The topological polar surface area (TPSA) is 86.6 Å². The van der Waals surface area contributed by atoms with Gasteiger partial charge in [-0.15, -0.1) is 0 Å². The van der Waals surface area contributed by atoms with E-state index in [0.717, 1.165) is 35.2 Å². The lowest BCUT2D eigenvalue weighted by molar-refractivity contribution is -0.137. The summed E-state index contributed by atoms with van der Waals surface area (Å²) in [4.78, 5) is 22.9. The molecule has 3 N–H and O–H groups in total. The van der Waals surface area contributed by atoms with Crippen molar-refractivity contribution in [3.63, 3.8) is 0 Å². The number of aryl methyl sites for hydroxylation is 2. The zero-order valence-corrected chi connectivity index (χ0v) is 22.8. The zero-order chi connectivity index (χ0) is 27.1. The van der Waals surface area contributed by atoms with Gasteiger partial charge in [0.2, 0.25) is 5.91 Å². The molecule has 5 heteroatoms. The van der Waals surface area contributed by atoms with Crippen LogP contribution in [0.5, 0.6) is 0 Å². The number of aliphatic carboxylic acids is 1. The van der Waals surface area contributed by atoms with Crippen LogP contribution in [0.2, 0.25) is 0 Å². The number of hydrogen-bond donors (Lipinski definition) is 3. The molecule has 1 unspecified atom stereocenters. The van der Waals surface area contributed by atoms with Gasteiger partial charge in [-0.05, 0) is 72.9 Å². The van der Waals surface area contributed by atoms with Crippen LogP contribution in [-0.2, 0) is 15.0 Å². The van der Waals surface area contributed by atoms with Crippen molar-refractivity contribution >= 4 is 17.6 Å². The smallest absolute Gasteiger partial charge is 0.303 e. The van der Waals surface area contributed by atoms with Crippen molar-refractivity contribution in [2.24, 2.45) is 5.41 Å². The molecule has 1 atom stereocenters. The second-order valence-electron chi connectivity index (χ2n) is 10.7. The van der Waals surface area contributed by atoms with E-state index in [1.807, 2.05) is 39.8 Å². The van der Waals surface area contributed by atoms with E-state index >= 15 is 0 Å². The Labute approximate surface area is 216 Å². The van der Waals surface area contributed by atoms with E-state index in [4.69, 9.17) is 5.11 Å². The molecule has 0 aromatic heterocycles. The monoisotopic (exact) mass is 491 g/mol. The van der Waals surface area contributed by atoms with Crippen LogP contribution < -0.4 is 5.32 Å². The Bertz CT molecular complexity index is 1140. The Morgan fingerprint density at radius 3 is 2.03 bits per heavy atom. The van der Waals surface area contributed by atoms with Crippen molar-refractivity contribution in [3.05, 3.63) is 64.2 Å². The van der Waals surface area contributed by atoms with Crippen molar-refractivity contribution < 1.29 is 19.8 Å². The van der Waals surface area contributed by atoms with Gasteiger partial charge >= 0.3 is 5.97 Å². The minimum absolute atomic E-state index is 0.0121. The molecule has 1 amide bonds. The number of aliphatic hydroxyl groups excluding tert-OH is 1. The fraction of sp³-hybridized carbons (Fsp3) is 0.484. The summed E-state index contributed by atoms with van der Waals surface area (Å²) in [6.07, 6.45) is 1.63. The van der Waals surface area contributed by atoms with Crippen molar-refractivity contribution in [1.82, 2.24) is 0 Å². The molecule has 36 heavy (non-hydrogen) atoms. The van der Waals surface area contributed by atoms with E-state index in [0.29, 0.717) is 6.42 Å². The van der Waals surface area contributed by atoms with Crippen LogP contribution in [0.1, 0.15) is 94.5 Å². The van der Waals surface area contributed by atoms with E-state index in [-0.39, 0.29) is 29.6 Å². The molecule has 5 nitrogen and oxygen atoms in total. The van der Waals surface area contributed by atoms with Gasteiger partial charge in [0.25, 0.3) is 0 Å². The molecule has 2 rings (SSSR count). The first-order valence-electron chi connectivity index (χ1n) is 12.8. The SMILES string of the molecule is CCC(CC)(c1ccc(C#CC(O)C(C)(C)C)c(C)c1)c1ccc(NC(=O)CCCC(=O)O)c(C)c1. The van der Waals surface area contributed by atoms with Crippen molar-refractivity contribution in [2.75, 3.05) is 5.32 Å². The van der Waals surface area contributed by atoms with Crippen LogP contribution in [0.25, 0.3) is 0 Å². The van der Waals surface area contributed by atoms with Gasteiger partial charge in [0, 0.05) is 29.5 Å². The van der Waals surface area contributed by atoms with Gasteiger partial charge in [-0.25, -0.2) is 0 Å². The molecule has 2 aromatic carbocycles. The number of aliphatic hydroxyl groups is 1. The minimum Gasteiger partial charge on any atom is -0.481 e. The molecule has 0 aliphatic heterocycles. The maximum absolute atomic E-state index is 12.3. The number of rotatable bonds is 9. The standard InChI is InChI=1S/C31H41NO4/c1-8-31(9-2,24-15-13-23(21(3)19-24)14-18-27(33)30(5,6)7)25-16-17-26(22(4)20-25)32-28(34)11-10-12-29(35)36/h13,15-17,19-20,27,33H,8-12H2,1-7H3,(H,32,34)(H,35,36). The number of anilines is 1. The third-order valence-corrected chi connectivity index (χ3v) is 7.00. The van der Waals surface area contributed by atoms with Gasteiger partial charge < -0.3 is 15.5 Å². The van der Waals surface area contributed by atoms with Crippen molar-refractivity contribution in [3.8, 4) is 11.8 Å². The van der Waals surface area contributed by atoms with Crippen LogP contribution in [0.3, 0.4) is 0 Å². The first kappa shape index (κ1) is 29.1. The molecule has 0 aliphatic rings. The highest BCUT2D eigenvalue weighted by Crippen LogP contribution is 2.40. The fourth-order valence-electron chi connectivity index (χ4n) is 4.41. The Kier molecular flexibility index (Phi) is 9.90. The Hall–Kier alpha value is -3.10. The van der Waals surface area contributed by atoms with Crippen molar-refractivity contribution in [2.45, 2.75) is 92.1 Å². The molecule has 0 aliphatic carbocycles. The van der Waals surface area contributed by atoms with Gasteiger partial charge in [-0.2, -0.15) is 0 Å². The maximum atomic E-state index is 12.3. The maximum Gasteiger partial charge on any atom is 0.303 e. The van der Waals surface area contributed by atoms with Crippen molar-refractivity contribution in [1.29, 1.82) is 0 Å². The average Bonchev–Trinajstić information content (AvgIpc) is 2.80. The van der Waals surface area contributed by atoms with Crippen LogP contribution in [0, 0.1) is 31.1 Å². The van der Waals surface area contributed by atoms with E-state index < -0.39 is 12.1 Å². The van der Waals surface area contributed by atoms with E-state index in [1.165, 1.54) is 11.1 Å². The fourth-order valence-corrected chi connectivity index (χ4v) is 4.41. The Balaban J connectivity index is 2.33. The molecule has 194 valence electrons. The normalized spacial score (nSPS) is 12.4. The summed E-state index contributed by atoms with van der Waals surface area (Å²) >= 11 is 0. The summed E-state index contributed by atoms with van der Waals surface area (Å²) in [5.41, 5.74) is 5.65. The van der Waals surface area contributed by atoms with Crippen LogP contribution in [0.4, 0.5) is 5.69 Å². The second-order valence-corrected chi connectivity index (χ2v) is 10.7. The number of carbonyl (C=O) groups is 2. The number of amides is 1. The average molecular weight is 492 g/mol. The minimum atomic E-state index is -0.892. The highest BCUT2D eigenvalue weighted by molar-refractivity contribution is 5.91. The summed E-state index contributed by atoms with van der Waals surface area (Å²) in [5, 5.41) is 22.0. The summed E-state index contributed by atoms with van der Waals surface area (Å²) < 4.78 is 0. The number of hydrogen-bond acceptors (Lipinski definition) is 3. The molecule has 0 bridgehead atoms. The molecule has 0 fully saturated rings. The lowest BCUT2D eigenvalue weighted by Crippen LogP contribution is -2.26. The van der Waals surface area contributed by atoms with Crippen LogP contribution in [0.15, 0.2) is 36.4 Å². The van der Waals surface area contributed by atoms with Crippen LogP contribution in [-0.4, -0.2) is 28.2 Å². The predicted molar refractivity (Wildman–Crippen MR) is 146 cm³/mol. The third kappa shape index (κ3) is 7.21. The summed E-state index contributed by atoms with van der Waals surface area (Å²) in [6.45, 7) is 14.3. The summed E-state index contributed by atoms with van der Waals surface area (Å²) in [6, 6.07) is 12.6. The molecule has 0 saturated carbocycles. The summed E-state index contributed by atoms with van der Waals surface area (Å²) in [5.74, 6) is 5.08. The summed E-state index contributed by atoms with van der Waals surface area (Å²) in [7, 11) is 0. The van der Waals surface area contributed by atoms with E-state index in [2.05, 4.69) is 62.2 Å². The first-order chi connectivity index (χ1) is 16.8. The second kappa shape index (κ2) is 12.2. The lowest BCUT2D eigenvalue weighted by atomic mass is 9.70. The van der Waals surface area contributed by atoms with Gasteiger partial charge in [0.1, 0.15) is 6.10 Å². The molecular formula is C31H41NO4.